The molecule has 0 unspecified atom stereocenters. The number of allylic oxidation sites excluding steroid dienone is 1. The van der Waals surface area contributed by atoms with E-state index >= 15 is 0 Å². The van der Waals surface area contributed by atoms with Gasteiger partial charge in [-0.2, -0.15) is 0 Å². The van der Waals surface area contributed by atoms with Gasteiger partial charge in [0.15, 0.2) is 11.0 Å². The van der Waals surface area contributed by atoms with Crippen molar-refractivity contribution < 1.29 is 0 Å². The van der Waals surface area contributed by atoms with Gasteiger partial charge in [-0.25, -0.2) is 0 Å². The molecule has 0 amide bonds. The van der Waals surface area contributed by atoms with E-state index in [1.807, 2.05) is 41.0 Å². The molecule has 6 heteroatoms. The SMILES string of the molecule is C=CCn1c(SCc2cccc(Br)c2)nnc1-c1ccccn1. The third kappa shape index (κ3) is 3.89. The minimum absolute atomic E-state index is 0.653. The van der Waals surface area contributed by atoms with Crippen LogP contribution >= 0.6 is 27.7 Å². The number of aromatic nitrogens is 4. The van der Waals surface area contributed by atoms with Crippen LogP contribution in [0.3, 0.4) is 0 Å². The van der Waals surface area contributed by atoms with Gasteiger partial charge in [0, 0.05) is 23.0 Å². The highest BCUT2D eigenvalue weighted by Gasteiger charge is 2.14. The van der Waals surface area contributed by atoms with Gasteiger partial charge in [0.2, 0.25) is 0 Å². The molecule has 0 radical (unpaired) electrons. The van der Waals surface area contributed by atoms with E-state index in [4.69, 9.17) is 0 Å². The van der Waals surface area contributed by atoms with Crippen molar-refractivity contribution in [3.8, 4) is 11.5 Å². The van der Waals surface area contributed by atoms with Crippen molar-refractivity contribution in [2.45, 2.75) is 17.5 Å². The zero-order valence-corrected chi connectivity index (χ0v) is 14.8. The lowest BCUT2D eigenvalue weighted by molar-refractivity contribution is 0.729. The smallest absolute Gasteiger partial charge is 0.192 e. The Morgan fingerprint density at radius 2 is 2.09 bits per heavy atom. The first-order valence-corrected chi connectivity index (χ1v) is 8.88. The molecule has 0 atom stereocenters. The number of rotatable bonds is 6. The number of nitrogens with zero attached hydrogens (tertiary/aromatic N) is 4. The first-order valence-electron chi connectivity index (χ1n) is 7.10. The molecular formula is C17H15BrN4S. The summed E-state index contributed by atoms with van der Waals surface area (Å²) in [5, 5.41) is 9.50. The third-order valence-corrected chi connectivity index (χ3v) is 4.71. The van der Waals surface area contributed by atoms with Crippen LogP contribution in [0.2, 0.25) is 0 Å². The number of hydrogen-bond donors (Lipinski definition) is 0. The largest absolute Gasteiger partial charge is 0.297 e. The Bertz CT molecular complexity index is 801. The van der Waals surface area contributed by atoms with Crippen molar-refractivity contribution in [1.29, 1.82) is 0 Å². The first kappa shape index (κ1) is 16.0. The second-order valence-corrected chi connectivity index (χ2v) is 6.70. The van der Waals surface area contributed by atoms with Gasteiger partial charge in [0.1, 0.15) is 5.69 Å². The molecule has 0 N–H and O–H groups in total. The molecule has 2 heterocycles. The number of thioether (sulfide) groups is 1. The van der Waals surface area contributed by atoms with Crippen molar-refractivity contribution in [3.05, 3.63) is 71.4 Å². The van der Waals surface area contributed by atoms with E-state index in [1.54, 1.807) is 18.0 Å². The van der Waals surface area contributed by atoms with Gasteiger partial charge < -0.3 is 0 Å². The fraction of sp³-hybridized carbons (Fsp3) is 0.118. The molecule has 0 fully saturated rings. The summed E-state index contributed by atoms with van der Waals surface area (Å²) in [5.74, 6) is 1.60. The molecule has 0 saturated heterocycles. The molecule has 116 valence electrons. The Morgan fingerprint density at radius 3 is 2.83 bits per heavy atom. The second-order valence-electron chi connectivity index (χ2n) is 4.84. The van der Waals surface area contributed by atoms with Gasteiger partial charge in [-0.3, -0.25) is 9.55 Å². The first-order chi connectivity index (χ1) is 11.3. The van der Waals surface area contributed by atoms with Gasteiger partial charge in [0.05, 0.1) is 0 Å². The highest BCUT2D eigenvalue weighted by molar-refractivity contribution is 9.10. The van der Waals surface area contributed by atoms with E-state index in [0.29, 0.717) is 6.54 Å². The second kappa shape index (κ2) is 7.57. The molecule has 0 aliphatic heterocycles. The van der Waals surface area contributed by atoms with E-state index in [9.17, 15) is 0 Å². The number of halogens is 1. The Labute approximate surface area is 147 Å². The molecule has 0 saturated carbocycles. The van der Waals surface area contributed by atoms with E-state index in [2.05, 4.69) is 49.8 Å². The highest BCUT2D eigenvalue weighted by atomic mass is 79.9. The monoisotopic (exact) mass is 386 g/mol. The maximum Gasteiger partial charge on any atom is 0.192 e. The van der Waals surface area contributed by atoms with Crippen molar-refractivity contribution in [2.75, 3.05) is 0 Å². The summed E-state index contributed by atoms with van der Waals surface area (Å²) in [5.41, 5.74) is 2.05. The summed E-state index contributed by atoms with van der Waals surface area (Å²) >= 11 is 5.16. The Morgan fingerprint density at radius 1 is 1.17 bits per heavy atom. The molecule has 0 aliphatic rings. The van der Waals surface area contributed by atoms with E-state index < -0.39 is 0 Å². The van der Waals surface area contributed by atoms with E-state index in [1.165, 1.54) is 5.56 Å². The van der Waals surface area contributed by atoms with Gasteiger partial charge in [-0.05, 0) is 29.8 Å². The van der Waals surface area contributed by atoms with Gasteiger partial charge in [-0.1, -0.05) is 52.0 Å². The minimum atomic E-state index is 0.653. The molecule has 2 aromatic heterocycles. The summed E-state index contributed by atoms with van der Waals surface area (Å²) in [7, 11) is 0. The van der Waals surface area contributed by atoms with Gasteiger partial charge >= 0.3 is 0 Å². The lowest BCUT2D eigenvalue weighted by Gasteiger charge is -2.07. The fourth-order valence-corrected chi connectivity index (χ4v) is 3.49. The average molecular weight is 387 g/mol. The summed E-state index contributed by atoms with van der Waals surface area (Å²) < 4.78 is 3.12. The molecule has 0 spiro atoms. The fourth-order valence-electron chi connectivity index (χ4n) is 2.15. The number of benzene rings is 1. The van der Waals surface area contributed by atoms with Crippen LogP contribution in [0.4, 0.5) is 0 Å². The molecule has 3 rings (SSSR count). The Hall–Kier alpha value is -1.92. The van der Waals surface area contributed by atoms with Crippen LogP contribution in [0.15, 0.2) is 70.9 Å². The molecule has 0 aliphatic carbocycles. The Kier molecular flexibility index (Phi) is 5.25. The van der Waals surface area contributed by atoms with Crippen LogP contribution in [0.5, 0.6) is 0 Å². The third-order valence-electron chi connectivity index (χ3n) is 3.18. The van der Waals surface area contributed by atoms with E-state index in [0.717, 1.165) is 26.9 Å². The van der Waals surface area contributed by atoms with Crippen LogP contribution in [0.25, 0.3) is 11.5 Å². The van der Waals surface area contributed by atoms with Crippen LogP contribution < -0.4 is 0 Å². The molecule has 4 nitrogen and oxygen atoms in total. The average Bonchev–Trinajstić information content (AvgIpc) is 2.97. The predicted octanol–water partition coefficient (Wildman–Crippen LogP) is 4.58. The quantitative estimate of drug-likeness (QED) is 0.459. The molecule has 23 heavy (non-hydrogen) atoms. The van der Waals surface area contributed by atoms with Crippen molar-refractivity contribution in [2.24, 2.45) is 0 Å². The van der Waals surface area contributed by atoms with Crippen molar-refractivity contribution in [1.82, 2.24) is 19.7 Å². The lowest BCUT2D eigenvalue weighted by atomic mass is 10.2. The van der Waals surface area contributed by atoms with Crippen molar-refractivity contribution >= 4 is 27.7 Å². The lowest BCUT2D eigenvalue weighted by Crippen LogP contribution is -2.01. The Balaban J connectivity index is 1.85. The molecular weight excluding hydrogens is 372 g/mol. The van der Waals surface area contributed by atoms with Gasteiger partial charge in [-0.15, -0.1) is 16.8 Å². The van der Waals surface area contributed by atoms with Crippen LogP contribution in [0, 0.1) is 0 Å². The topological polar surface area (TPSA) is 43.6 Å². The van der Waals surface area contributed by atoms with Crippen LogP contribution in [0.1, 0.15) is 5.56 Å². The normalized spacial score (nSPS) is 10.7. The van der Waals surface area contributed by atoms with Gasteiger partial charge in [0.25, 0.3) is 0 Å². The maximum atomic E-state index is 4.36. The highest BCUT2D eigenvalue weighted by Crippen LogP contribution is 2.26. The van der Waals surface area contributed by atoms with E-state index in [-0.39, 0.29) is 0 Å². The molecule has 1 aromatic carbocycles. The number of hydrogen-bond acceptors (Lipinski definition) is 4. The molecule has 3 aromatic rings. The standard InChI is InChI=1S/C17H15BrN4S/c1-2-10-22-16(15-8-3-4-9-19-15)20-21-17(22)23-12-13-6-5-7-14(18)11-13/h2-9,11H,1,10,12H2. The summed E-state index contributed by atoms with van der Waals surface area (Å²) in [6, 6.07) is 14.0. The zero-order chi connectivity index (χ0) is 16.1. The number of pyridine rings is 1. The maximum absolute atomic E-state index is 4.36. The minimum Gasteiger partial charge on any atom is -0.297 e. The molecule has 0 bridgehead atoms. The predicted molar refractivity (Wildman–Crippen MR) is 97.2 cm³/mol. The van der Waals surface area contributed by atoms with Crippen LogP contribution in [-0.4, -0.2) is 19.7 Å². The van der Waals surface area contributed by atoms with Crippen molar-refractivity contribution in [3.63, 3.8) is 0 Å². The summed E-state index contributed by atoms with van der Waals surface area (Å²) in [6.45, 7) is 4.48. The summed E-state index contributed by atoms with van der Waals surface area (Å²) in [6.07, 6.45) is 3.61. The zero-order valence-electron chi connectivity index (χ0n) is 12.4. The van der Waals surface area contributed by atoms with Crippen LogP contribution in [-0.2, 0) is 12.3 Å². The summed E-state index contributed by atoms with van der Waals surface area (Å²) in [4.78, 5) is 4.36.